The van der Waals surface area contributed by atoms with E-state index in [1.165, 1.54) is 12.3 Å². The van der Waals surface area contributed by atoms with Crippen LogP contribution in [0.15, 0.2) is 55.0 Å². The number of hydrogen-bond donors (Lipinski definition) is 2. The van der Waals surface area contributed by atoms with Gasteiger partial charge in [-0.05, 0) is 35.4 Å². The molecule has 3 rings (SSSR count). The van der Waals surface area contributed by atoms with Crippen LogP contribution < -0.4 is 11.3 Å². The third-order valence-corrected chi connectivity index (χ3v) is 3.19. The zero-order chi connectivity index (χ0) is 13.9. The number of pyridine rings is 2. The van der Waals surface area contributed by atoms with Crippen LogP contribution in [0.4, 0.5) is 4.39 Å². The van der Waals surface area contributed by atoms with Crippen LogP contribution >= 0.6 is 0 Å². The molecule has 20 heavy (non-hydrogen) atoms. The van der Waals surface area contributed by atoms with E-state index in [4.69, 9.17) is 5.84 Å². The molecule has 0 radical (unpaired) electrons. The minimum atomic E-state index is -0.384. The summed E-state index contributed by atoms with van der Waals surface area (Å²) in [5, 5.41) is 1.01. The van der Waals surface area contributed by atoms with E-state index < -0.39 is 0 Å². The van der Waals surface area contributed by atoms with Crippen molar-refractivity contribution < 1.29 is 4.39 Å². The van der Waals surface area contributed by atoms with Crippen molar-refractivity contribution in [2.24, 2.45) is 5.84 Å². The normalized spacial score (nSPS) is 12.5. The molecule has 5 heteroatoms. The molecule has 2 aromatic heterocycles. The molecule has 3 aromatic rings. The molecule has 0 spiro atoms. The van der Waals surface area contributed by atoms with Crippen LogP contribution in [-0.2, 0) is 0 Å². The molecule has 0 saturated carbocycles. The summed E-state index contributed by atoms with van der Waals surface area (Å²) in [4.78, 5) is 8.13. The van der Waals surface area contributed by atoms with Gasteiger partial charge in [0.1, 0.15) is 5.82 Å². The van der Waals surface area contributed by atoms with Crippen molar-refractivity contribution in [1.82, 2.24) is 15.4 Å². The number of fused-ring (bicyclic) bond motifs is 1. The second-order valence-electron chi connectivity index (χ2n) is 4.49. The topological polar surface area (TPSA) is 63.8 Å². The summed E-state index contributed by atoms with van der Waals surface area (Å²) in [6, 6.07) is 10.8. The molecule has 0 amide bonds. The standard InChI is InChI=1S/C15H13FN4/c16-13-7-12(8-18-9-13)15(20-17)11-3-4-14-10(6-11)2-1-5-19-14/h1-9,15,20H,17H2. The number of nitrogens with zero attached hydrogens (tertiary/aromatic N) is 2. The fourth-order valence-electron chi connectivity index (χ4n) is 2.24. The first-order chi connectivity index (χ1) is 9.78. The fraction of sp³-hybridized carbons (Fsp3) is 0.0667. The second kappa shape index (κ2) is 5.32. The van der Waals surface area contributed by atoms with Gasteiger partial charge in [-0.3, -0.25) is 15.8 Å². The Labute approximate surface area is 115 Å². The largest absolute Gasteiger partial charge is 0.271 e. The predicted octanol–water partition coefficient (Wildman–Crippen LogP) is 2.32. The van der Waals surface area contributed by atoms with E-state index in [9.17, 15) is 4.39 Å². The van der Waals surface area contributed by atoms with E-state index >= 15 is 0 Å². The van der Waals surface area contributed by atoms with Gasteiger partial charge in [-0.15, -0.1) is 0 Å². The third-order valence-electron chi connectivity index (χ3n) is 3.19. The Bertz CT molecular complexity index is 745. The van der Waals surface area contributed by atoms with E-state index in [1.807, 2.05) is 30.3 Å². The van der Waals surface area contributed by atoms with Gasteiger partial charge in [0.05, 0.1) is 17.8 Å². The molecule has 0 aliphatic carbocycles. The van der Waals surface area contributed by atoms with Crippen molar-refractivity contribution in [1.29, 1.82) is 0 Å². The van der Waals surface area contributed by atoms with Crippen molar-refractivity contribution in [3.8, 4) is 0 Å². The maximum Gasteiger partial charge on any atom is 0.141 e. The van der Waals surface area contributed by atoms with E-state index in [0.29, 0.717) is 5.56 Å². The zero-order valence-electron chi connectivity index (χ0n) is 10.6. The second-order valence-corrected chi connectivity index (χ2v) is 4.49. The predicted molar refractivity (Wildman–Crippen MR) is 75.1 cm³/mol. The van der Waals surface area contributed by atoms with Crippen molar-refractivity contribution in [3.63, 3.8) is 0 Å². The molecular weight excluding hydrogens is 255 g/mol. The van der Waals surface area contributed by atoms with Gasteiger partial charge in [0, 0.05) is 17.8 Å². The van der Waals surface area contributed by atoms with Gasteiger partial charge in [-0.2, -0.15) is 0 Å². The molecule has 0 fully saturated rings. The highest BCUT2D eigenvalue weighted by molar-refractivity contribution is 5.79. The monoisotopic (exact) mass is 268 g/mol. The average molecular weight is 268 g/mol. The van der Waals surface area contributed by atoms with Crippen LogP contribution in [0.25, 0.3) is 10.9 Å². The van der Waals surface area contributed by atoms with Gasteiger partial charge in [0.25, 0.3) is 0 Å². The first kappa shape index (κ1) is 12.7. The van der Waals surface area contributed by atoms with Gasteiger partial charge in [-0.25, -0.2) is 9.82 Å². The maximum absolute atomic E-state index is 13.3. The van der Waals surface area contributed by atoms with Crippen LogP contribution in [0, 0.1) is 5.82 Å². The minimum absolute atomic E-state index is 0.317. The SMILES string of the molecule is NNC(c1cncc(F)c1)c1ccc2ncccc2c1. The van der Waals surface area contributed by atoms with Crippen LogP contribution in [0.5, 0.6) is 0 Å². The molecule has 0 aliphatic heterocycles. The highest BCUT2D eigenvalue weighted by atomic mass is 19.1. The summed E-state index contributed by atoms with van der Waals surface area (Å²) in [7, 11) is 0. The molecule has 1 unspecified atom stereocenters. The molecule has 0 saturated heterocycles. The number of nitrogens with two attached hydrogens (primary N) is 1. The lowest BCUT2D eigenvalue weighted by atomic mass is 9.99. The number of benzene rings is 1. The Morgan fingerprint density at radius 3 is 2.80 bits per heavy atom. The van der Waals surface area contributed by atoms with Gasteiger partial charge in [-0.1, -0.05) is 12.1 Å². The van der Waals surface area contributed by atoms with Crippen molar-refractivity contribution >= 4 is 10.9 Å². The number of nitrogens with one attached hydrogen (secondary N) is 1. The van der Waals surface area contributed by atoms with Crippen LogP contribution in [-0.4, -0.2) is 9.97 Å². The number of hydrazine groups is 1. The van der Waals surface area contributed by atoms with Gasteiger partial charge in [0.15, 0.2) is 0 Å². The molecule has 3 N–H and O–H groups in total. The van der Waals surface area contributed by atoms with Crippen molar-refractivity contribution in [3.05, 3.63) is 71.9 Å². The highest BCUT2D eigenvalue weighted by Crippen LogP contribution is 2.24. The van der Waals surface area contributed by atoms with Gasteiger partial charge < -0.3 is 0 Å². The summed E-state index contributed by atoms with van der Waals surface area (Å²) in [5.74, 6) is 5.23. The molecule has 1 aromatic carbocycles. The first-order valence-electron chi connectivity index (χ1n) is 6.19. The lowest BCUT2D eigenvalue weighted by molar-refractivity contribution is 0.598. The van der Waals surface area contributed by atoms with Crippen molar-refractivity contribution in [2.75, 3.05) is 0 Å². The molecule has 100 valence electrons. The average Bonchev–Trinajstić information content (AvgIpc) is 2.48. The molecule has 2 heterocycles. The molecular formula is C15H13FN4. The number of halogens is 1. The highest BCUT2D eigenvalue weighted by Gasteiger charge is 2.14. The molecule has 4 nitrogen and oxygen atoms in total. The molecule has 0 bridgehead atoms. The summed E-state index contributed by atoms with van der Waals surface area (Å²) >= 11 is 0. The van der Waals surface area contributed by atoms with E-state index in [1.54, 1.807) is 12.4 Å². The van der Waals surface area contributed by atoms with Crippen LogP contribution in [0.3, 0.4) is 0 Å². The Hall–Kier alpha value is -2.37. The van der Waals surface area contributed by atoms with Crippen molar-refractivity contribution in [2.45, 2.75) is 6.04 Å². The van der Waals surface area contributed by atoms with Crippen LogP contribution in [0.1, 0.15) is 17.2 Å². The summed E-state index contributed by atoms with van der Waals surface area (Å²) < 4.78 is 13.3. The number of hydrogen-bond acceptors (Lipinski definition) is 4. The minimum Gasteiger partial charge on any atom is -0.271 e. The van der Waals surface area contributed by atoms with E-state index in [-0.39, 0.29) is 11.9 Å². The lowest BCUT2D eigenvalue weighted by Gasteiger charge is -2.17. The Morgan fingerprint density at radius 1 is 1.10 bits per heavy atom. The fourth-order valence-corrected chi connectivity index (χ4v) is 2.24. The molecule has 0 aliphatic rings. The maximum atomic E-state index is 13.3. The Kier molecular flexibility index (Phi) is 3.37. The quantitative estimate of drug-likeness (QED) is 0.565. The Balaban J connectivity index is 2.07. The smallest absolute Gasteiger partial charge is 0.141 e. The lowest BCUT2D eigenvalue weighted by Crippen LogP contribution is -2.29. The third kappa shape index (κ3) is 2.36. The number of aromatic nitrogens is 2. The van der Waals surface area contributed by atoms with Crippen LogP contribution in [0.2, 0.25) is 0 Å². The zero-order valence-corrected chi connectivity index (χ0v) is 10.6. The Morgan fingerprint density at radius 2 is 2.00 bits per heavy atom. The van der Waals surface area contributed by atoms with E-state index in [2.05, 4.69) is 15.4 Å². The summed E-state index contributed by atoms with van der Waals surface area (Å²) in [6.07, 6.45) is 4.51. The van der Waals surface area contributed by atoms with E-state index in [0.717, 1.165) is 16.5 Å². The van der Waals surface area contributed by atoms with Gasteiger partial charge in [0.2, 0.25) is 0 Å². The summed E-state index contributed by atoms with van der Waals surface area (Å²) in [6.45, 7) is 0. The van der Waals surface area contributed by atoms with Gasteiger partial charge >= 0.3 is 0 Å². The first-order valence-corrected chi connectivity index (χ1v) is 6.19. The molecule has 1 atom stereocenters. The summed E-state index contributed by atoms with van der Waals surface area (Å²) in [5.41, 5.74) is 5.21. The number of rotatable bonds is 3.